The Hall–Kier alpha value is -2.54. The molecule has 2 aromatic rings. The van der Waals surface area contributed by atoms with Gasteiger partial charge >= 0.3 is 6.09 Å². The van der Waals surface area contributed by atoms with Crippen molar-refractivity contribution < 1.29 is 23.5 Å². The second kappa shape index (κ2) is 9.78. The SMILES string of the molecule is O=C(CCCCC(=O)N1C(=O)OCC1Cc1ccccc1)c1cc(F)cc(Br)c1. The number of carbonyl (C=O) groups excluding carboxylic acids is 3. The van der Waals surface area contributed by atoms with Gasteiger partial charge in [-0.05, 0) is 43.0 Å². The normalized spacial score (nSPS) is 16.0. The molecule has 1 saturated heterocycles. The average Bonchev–Trinajstić information content (AvgIpc) is 3.05. The van der Waals surface area contributed by atoms with E-state index in [1.807, 2.05) is 30.3 Å². The van der Waals surface area contributed by atoms with Crippen LogP contribution in [-0.2, 0) is 16.0 Å². The maximum atomic E-state index is 13.4. The Morgan fingerprint density at radius 1 is 1.10 bits per heavy atom. The number of Topliss-reactive ketones (excluding diaryl/α,β-unsaturated/α-hetero) is 1. The van der Waals surface area contributed by atoms with Gasteiger partial charge in [0.25, 0.3) is 0 Å². The van der Waals surface area contributed by atoms with E-state index in [4.69, 9.17) is 4.74 Å². The van der Waals surface area contributed by atoms with Crippen molar-refractivity contribution in [1.82, 2.24) is 4.90 Å². The first-order valence-corrected chi connectivity index (χ1v) is 10.3. The van der Waals surface area contributed by atoms with E-state index in [0.717, 1.165) is 5.56 Å². The summed E-state index contributed by atoms with van der Waals surface area (Å²) < 4.78 is 19.0. The van der Waals surface area contributed by atoms with Crippen LogP contribution in [0, 0.1) is 5.82 Å². The zero-order chi connectivity index (χ0) is 20.8. The highest BCUT2D eigenvalue weighted by Gasteiger charge is 2.37. The number of amides is 2. The van der Waals surface area contributed by atoms with Crippen LogP contribution in [-0.4, -0.2) is 35.3 Å². The number of ketones is 1. The van der Waals surface area contributed by atoms with Gasteiger partial charge in [-0.3, -0.25) is 9.59 Å². The van der Waals surface area contributed by atoms with E-state index >= 15 is 0 Å². The van der Waals surface area contributed by atoms with Crippen molar-refractivity contribution in [1.29, 1.82) is 0 Å². The van der Waals surface area contributed by atoms with Crippen LogP contribution in [0.2, 0.25) is 0 Å². The second-order valence-electron chi connectivity index (χ2n) is 6.97. The molecule has 1 aliphatic rings. The lowest BCUT2D eigenvalue weighted by Crippen LogP contribution is -2.40. The lowest BCUT2D eigenvalue weighted by molar-refractivity contribution is -0.129. The van der Waals surface area contributed by atoms with Crippen LogP contribution in [0.1, 0.15) is 41.6 Å². The van der Waals surface area contributed by atoms with Crippen LogP contribution in [0.5, 0.6) is 0 Å². The van der Waals surface area contributed by atoms with Gasteiger partial charge in [0.15, 0.2) is 5.78 Å². The molecule has 29 heavy (non-hydrogen) atoms. The van der Waals surface area contributed by atoms with Crippen molar-refractivity contribution in [2.45, 2.75) is 38.1 Å². The quantitative estimate of drug-likeness (QED) is 0.413. The summed E-state index contributed by atoms with van der Waals surface area (Å²) in [5, 5.41) is 0. The summed E-state index contributed by atoms with van der Waals surface area (Å²) in [6, 6.07) is 13.4. The van der Waals surface area contributed by atoms with E-state index in [1.165, 1.54) is 17.0 Å². The summed E-state index contributed by atoms with van der Waals surface area (Å²) in [5.74, 6) is -0.954. The third kappa shape index (κ3) is 5.73. The molecule has 0 aliphatic carbocycles. The number of ether oxygens (including phenoxy) is 1. The van der Waals surface area contributed by atoms with Crippen molar-refractivity contribution in [2.75, 3.05) is 6.61 Å². The van der Waals surface area contributed by atoms with Gasteiger partial charge in [-0.2, -0.15) is 0 Å². The van der Waals surface area contributed by atoms with E-state index in [2.05, 4.69) is 15.9 Å². The molecular formula is C22H21BrFNO4. The molecule has 0 saturated carbocycles. The van der Waals surface area contributed by atoms with Gasteiger partial charge in [0, 0.05) is 22.9 Å². The molecule has 0 bridgehead atoms. The number of hydrogen-bond donors (Lipinski definition) is 0. The predicted molar refractivity (Wildman–Crippen MR) is 109 cm³/mol. The molecular weight excluding hydrogens is 441 g/mol. The Morgan fingerprint density at radius 3 is 2.55 bits per heavy atom. The van der Waals surface area contributed by atoms with Crippen LogP contribution in [0.3, 0.4) is 0 Å². The Kier molecular flexibility index (Phi) is 7.14. The molecule has 7 heteroatoms. The molecule has 2 aromatic carbocycles. The fraction of sp³-hybridized carbons (Fsp3) is 0.318. The van der Waals surface area contributed by atoms with E-state index in [-0.39, 0.29) is 37.2 Å². The Balaban J connectivity index is 1.49. The summed E-state index contributed by atoms with van der Waals surface area (Å²) in [4.78, 5) is 37.9. The second-order valence-corrected chi connectivity index (χ2v) is 7.89. The minimum Gasteiger partial charge on any atom is -0.447 e. The van der Waals surface area contributed by atoms with Crippen molar-refractivity contribution in [3.05, 3.63) is 69.9 Å². The highest BCUT2D eigenvalue weighted by molar-refractivity contribution is 9.10. The highest BCUT2D eigenvalue weighted by atomic mass is 79.9. The van der Waals surface area contributed by atoms with Gasteiger partial charge in [0.2, 0.25) is 5.91 Å². The van der Waals surface area contributed by atoms with Crippen molar-refractivity contribution in [2.24, 2.45) is 0 Å². The fourth-order valence-electron chi connectivity index (χ4n) is 3.34. The molecule has 0 aromatic heterocycles. The maximum Gasteiger partial charge on any atom is 0.416 e. The topological polar surface area (TPSA) is 63.7 Å². The lowest BCUT2D eigenvalue weighted by Gasteiger charge is -2.19. The van der Waals surface area contributed by atoms with Crippen LogP contribution in [0.15, 0.2) is 53.0 Å². The number of imide groups is 1. The molecule has 0 radical (unpaired) electrons. The van der Waals surface area contributed by atoms with Crippen LogP contribution in [0.25, 0.3) is 0 Å². The van der Waals surface area contributed by atoms with Gasteiger partial charge in [-0.1, -0.05) is 46.3 Å². The largest absolute Gasteiger partial charge is 0.447 e. The van der Waals surface area contributed by atoms with E-state index in [0.29, 0.717) is 29.3 Å². The number of nitrogens with zero attached hydrogens (tertiary/aromatic N) is 1. The molecule has 1 heterocycles. The van der Waals surface area contributed by atoms with Crippen LogP contribution >= 0.6 is 15.9 Å². The number of rotatable bonds is 8. The molecule has 0 N–H and O–H groups in total. The molecule has 3 rings (SSSR count). The van der Waals surface area contributed by atoms with E-state index in [1.54, 1.807) is 6.07 Å². The van der Waals surface area contributed by atoms with Gasteiger partial charge in [0.05, 0.1) is 6.04 Å². The summed E-state index contributed by atoms with van der Waals surface area (Å²) in [6.45, 7) is 0.187. The standard InChI is InChI=1S/C22H21BrFNO4/c23-17-11-16(12-18(24)13-17)20(26)8-4-5-9-21(27)25-19(14-29-22(25)28)10-15-6-2-1-3-7-15/h1-3,6-7,11-13,19H,4-5,8-10,14H2. The van der Waals surface area contributed by atoms with Gasteiger partial charge in [-0.15, -0.1) is 0 Å². The monoisotopic (exact) mass is 461 g/mol. The number of halogens is 2. The van der Waals surface area contributed by atoms with Crippen molar-refractivity contribution >= 4 is 33.7 Å². The lowest BCUT2D eigenvalue weighted by atomic mass is 10.0. The smallest absolute Gasteiger partial charge is 0.416 e. The van der Waals surface area contributed by atoms with Gasteiger partial charge < -0.3 is 4.74 Å². The van der Waals surface area contributed by atoms with E-state index in [9.17, 15) is 18.8 Å². The average molecular weight is 462 g/mol. The zero-order valence-corrected chi connectivity index (χ0v) is 17.4. The molecule has 152 valence electrons. The molecule has 1 fully saturated rings. The van der Waals surface area contributed by atoms with Crippen molar-refractivity contribution in [3.63, 3.8) is 0 Å². The first-order valence-electron chi connectivity index (χ1n) is 9.46. The molecule has 1 aliphatic heterocycles. The highest BCUT2D eigenvalue weighted by Crippen LogP contribution is 2.20. The summed E-state index contributed by atoms with van der Waals surface area (Å²) in [5.41, 5.74) is 1.33. The van der Waals surface area contributed by atoms with Crippen LogP contribution in [0.4, 0.5) is 9.18 Å². The summed E-state index contributed by atoms with van der Waals surface area (Å²) in [7, 11) is 0. The first-order chi connectivity index (χ1) is 13.9. The van der Waals surface area contributed by atoms with Gasteiger partial charge in [-0.25, -0.2) is 14.1 Å². The number of cyclic esters (lactones) is 1. The molecule has 5 nitrogen and oxygen atoms in total. The van der Waals surface area contributed by atoms with Crippen molar-refractivity contribution in [3.8, 4) is 0 Å². The minimum absolute atomic E-state index is 0.153. The zero-order valence-electron chi connectivity index (χ0n) is 15.8. The number of hydrogen-bond acceptors (Lipinski definition) is 4. The molecule has 2 amide bonds. The fourth-order valence-corrected chi connectivity index (χ4v) is 3.81. The Labute approximate surface area is 177 Å². The number of carbonyl (C=O) groups is 3. The molecule has 1 atom stereocenters. The number of benzene rings is 2. The Morgan fingerprint density at radius 2 is 1.83 bits per heavy atom. The third-order valence-electron chi connectivity index (χ3n) is 4.77. The number of unbranched alkanes of at least 4 members (excludes halogenated alkanes) is 1. The third-order valence-corrected chi connectivity index (χ3v) is 5.23. The first kappa shape index (κ1) is 21.2. The van der Waals surface area contributed by atoms with Gasteiger partial charge in [0.1, 0.15) is 12.4 Å². The molecule has 1 unspecified atom stereocenters. The van der Waals surface area contributed by atoms with Crippen LogP contribution < -0.4 is 0 Å². The van der Waals surface area contributed by atoms with E-state index < -0.39 is 11.9 Å². The maximum absolute atomic E-state index is 13.4. The molecule has 0 spiro atoms. The summed E-state index contributed by atoms with van der Waals surface area (Å²) in [6.07, 6.45) is 1.23. The minimum atomic E-state index is -0.614. The summed E-state index contributed by atoms with van der Waals surface area (Å²) >= 11 is 3.17. The Bertz CT molecular complexity index is 883. The predicted octanol–water partition coefficient (Wildman–Crippen LogP) is 4.92.